The molecule has 2 atom stereocenters. The summed E-state index contributed by atoms with van der Waals surface area (Å²) < 4.78 is 10.9. The van der Waals surface area contributed by atoms with Crippen LogP contribution in [0.3, 0.4) is 0 Å². The third kappa shape index (κ3) is 4.35. The highest BCUT2D eigenvalue weighted by Crippen LogP contribution is 2.38. The first-order valence-corrected chi connectivity index (χ1v) is 11.4. The van der Waals surface area contributed by atoms with Gasteiger partial charge in [0.1, 0.15) is 5.60 Å². The second-order valence-corrected chi connectivity index (χ2v) is 10.2. The maximum Gasteiger partial charge on any atom is 0.410 e. The second-order valence-electron chi connectivity index (χ2n) is 10.2. The van der Waals surface area contributed by atoms with Crippen molar-refractivity contribution in [1.82, 2.24) is 9.80 Å². The van der Waals surface area contributed by atoms with Crippen molar-refractivity contribution < 1.29 is 19.2 Å². The molecule has 0 spiro atoms. The summed E-state index contributed by atoms with van der Waals surface area (Å²) in [6, 6.07) is 4.40. The fraction of sp³-hybridized carbons (Fsp3) is 0.696. The highest BCUT2D eigenvalue weighted by molar-refractivity contribution is 5.70. The van der Waals surface area contributed by atoms with Gasteiger partial charge in [-0.05, 0) is 52.5 Å². The Morgan fingerprint density at radius 2 is 1.75 bits per heavy atom. The number of rotatable bonds is 4. The highest BCUT2D eigenvalue weighted by Gasteiger charge is 2.50. The summed E-state index contributed by atoms with van der Waals surface area (Å²) in [6.45, 7) is 11.2. The number of hydrogen-bond donors (Lipinski definition) is 0. The van der Waals surface area contributed by atoms with E-state index in [1.807, 2.05) is 32.6 Å². The zero-order chi connectivity index (χ0) is 23.2. The van der Waals surface area contributed by atoms with E-state index in [1.54, 1.807) is 12.1 Å². The van der Waals surface area contributed by atoms with Crippen LogP contribution in [0.1, 0.15) is 45.6 Å². The molecule has 1 aromatic rings. The predicted molar refractivity (Wildman–Crippen MR) is 121 cm³/mol. The van der Waals surface area contributed by atoms with Crippen molar-refractivity contribution in [3.63, 3.8) is 0 Å². The third-order valence-corrected chi connectivity index (χ3v) is 6.84. The number of aryl methyl sites for hydroxylation is 1. The summed E-state index contributed by atoms with van der Waals surface area (Å²) in [7, 11) is 1.47. The van der Waals surface area contributed by atoms with E-state index in [9.17, 15) is 14.9 Å². The number of nitrogens with zero attached hydrogens (tertiary/aromatic N) is 4. The van der Waals surface area contributed by atoms with Gasteiger partial charge >= 0.3 is 11.8 Å². The van der Waals surface area contributed by atoms with E-state index in [1.165, 1.54) is 7.11 Å². The van der Waals surface area contributed by atoms with E-state index in [2.05, 4.69) is 9.80 Å². The molecule has 0 N–H and O–H groups in total. The zero-order valence-corrected chi connectivity index (χ0v) is 19.7. The lowest BCUT2D eigenvalue weighted by Gasteiger charge is -2.57. The molecule has 32 heavy (non-hydrogen) atoms. The molecule has 4 fully saturated rings. The maximum absolute atomic E-state index is 12.5. The lowest BCUT2D eigenvalue weighted by Crippen LogP contribution is -2.72. The minimum Gasteiger partial charge on any atom is -0.490 e. The van der Waals surface area contributed by atoms with Crippen LogP contribution in [0.25, 0.3) is 0 Å². The summed E-state index contributed by atoms with van der Waals surface area (Å²) in [6.07, 6.45) is 2.95. The first-order valence-electron chi connectivity index (χ1n) is 11.4. The molecule has 4 aliphatic heterocycles. The molecule has 1 amide bonds. The molecule has 0 saturated carbocycles. The number of methoxy groups -OCH3 is 1. The van der Waals surface area contributed by atoms with Crippen molar-refractivity contribution in [3.05, 3.63) is 27.8 Å². The summed E-state index contributed by atoms with van der Waals surface area (Å²) in [5, 5.41) is 11.3. The van der Waals surface area contributed by atoms with E-state index < -0.39 is 10.5 Å². The second kappa shape index (κ2) is 8.42. The van der Waals surface area contributed by atoms with Gasteiger partial charge in [0, 0.05) is 50.0 Å². The number of carbonyl (C=O) groups is 1. The van der Waals surface area contributed by atoms with Crippen LogP contribution in [0.2, 0.25) is 0 Å². The molecule has 9 heteroatoms. The number of anilines is 1. The molecule has 4 saturated heterocycles. The van der Waals surface area contributed by atoms with Gasteiger partial charge < -0.3 is 14.4 Å². The van der Waals surface area contributed by atoms with Gasteiger partial charge in [0.25, 0.3) is 0 Å². The predicted octanol–water partition coefficient (Wildman–Crippen LogP) is 3.57. The molecule has 5 rings (SSSR count). The van der Waals surface area contributed by atoms with Gasteiger partial charge in [-0.1, -0.05) is 0 Å². The Balaban J connectivity index is 1.35. The van der Waals surface area contributed by atoms with Crippen molar-refractivity contribution in [3.8, 4) is 5.75 Å². The minimum atomic E-state index is -0.466. The van der Waals surface area contributed by atoms with Crippen LogP contribution in [0, 0.1) is 17.0 Å². The number of nitro benzene ring substituents is 1. The molecule has 1 aromatic carbocycles. The molecule has 9 nitrogen and oxygen atoms in total. The minimum absolute atomic E-state index is 0.00530. The maximum atomic E-state index is 12.5. The van der Waals surface area contributed by atoms with Crippen LogP contribution in [0.5, 0.6) is 5.75 Å². The lowest BCUT2D eigenvalue weighted by molar-refractivity contribution is -0.385. The Morgan fingerprint density at radius 1 is 1.12 bits per heavy atom. The summed E-state index contributed by atoms with van der Waals surface area (Å²) in [5.41, 5.74) is 1.43. The van der Waals surface area contributed by atoms with E-state index >= 15 is 0 Å². The fourth-order valence-corrected chi connectivity index (χ4v) is 5.33. The van der Waals surface area contributed by atoms with E-state index in [0.29, 0.717) is 11.8 Å². The van der Waals surface area contributed by atoms with E-state index in [-0.39, 0.29) is 23.9 Å². The van der Waals surface area contributed by atoms with Crippen LogP contribution in [-0.4, -0.2) is 77.8 Å². The van der Waals surface area contributed by atoms with Crippen molar-refractivity contribution in [2.45, 2.75) is 70.7 Å². The molecule has 2 unspecified atom stereocenters. The molecule has 4 heterocycles. The normalized spacial score (nSPS) is 24.2. The van der Waals surface area contributed by atoms with E-state index in [4.69, 9.17) is 9.47 Å². The largest absolute Gasteiger partial charge is 0.490 e. The summed E-state index contributed by atoms with van der Waals surface area (Å²) >= 11 is 0. The molecular weight excluding hydrogens is 412 g/mol. The van der Waals surface area contributed by atoms with Gasteiger partial charge in [0.2, 0.25) is 0 Å². The topological polar surface area (TPSA) is 88.4 Å². The Morgan fingerprint density at radius 3 is 2.28 bits per heavy atom. The Bertz CT molecular complexity index is 879. The number of piperidine rings is 2. The average molecular weight is 447 g/mol. The van der Waals surface area contributed by atoms with E-state index in [0.717, 1.165) is 56.7 Å². The first kappa shape index (κ1) is 22.6. The Kier molecular flexibility index (Phi) is 5.96. The molecular formula is C23H34N4O5. The Labute approximate surface area is 189 Å². The highest BCUT2D eigenvalue weighted by atomic mass is 16.6. The quantitative estimate of drug-likeness (QED) is 0.516. The van der Waals surface area contributed by atoms with Crippen LogP contribution >= 0.6 is 0 Å². The molecule has 0 aromatic heterocycles. The monoisotopic (exact) mass is 446 g/mol. The number of nitro groups is 1. The first-order chi connectivity index (χ1) is 15.1. The van der Waals surface area contributed by atoms with Crippen molar-refractivity contribution in [2.24, 2.45) is 0 Å². The van der Waals surface area contributed by atoms with Crippen molar-refractivity contribution >= 4 is 17.5 Å². The van der Waals surface area contributed by atoms with Gasteiger partial charge in [0.05, 0.1) is 24.1 Å². The van der Waals surface area contributed by atoms with Gasteiger partial charge in [-0.2, -0.15) is 0 Å². The number of carbonyl (C=O) groups excluding carboxylic acids is 1. The lowest BCUT2D eigenvalue weighted by atomic mass is 9.86. The summed E-state index contributed by atoms with van der Waals surface area (Å²) in [4.78, 5) is 30.2. The number of fused-ring (bicyclic) bond motifs is 2. The average Bonchev–Trinajstić information content (AvgIpc) is 2.72. The van der Waals surface area contributed by atoms with Crippen molar-refractivity contribution in [2.75, 3.05) is 38.2 Å². The van der Waals surface area contributed by atoms with Gasteiger partial charge in [-0.3, -0.25) is 19.9 Å². The van der Waals surface area contributed by atoms with Crippen LogP contribution < -0.4 is 9.64 Å². The fourth-order valence-electron chi connectivity index (χ4n) is 5.33. The molecule has 4 aliphatic rings. The molecule has 0 radical (unpaired) electrons. The number of amides is 1. The van der Waals surface area contributed by atoms with Gasteiger partial charge in [-0.15, -0.1) is 0 Å². The number of piperazine rings is 1. The summed E-state index contributed by atoms with van der Waals surface area (Å²) in [5.74, 6) is 0.302. The zero-order valence-electron chi connectivity index (χ0n) is 19.7. The van der Waals surface area contributed by atoms with Crippen molar-refractivity contribution in [1.29, 1.82) is 0 Å². The van der Waals surface area contributed by atoms with Crippen LogP contribution in [0.15, 0.2) is 12.1 Å². The van der Waals surface area contributed by atoms with Crippen LogP contribution in [-0.2, 0) is 4.74 Å². The number of hydrogen-bond acceptors (Lipinski definition) is 7. The number of benzene rings is 1. The molecule has 176 valence electrons. The standard InChI is InChI=1S/C23H34N4O5/c1-15-10-20(27(29)30)21(31-5)12-19(15)24-8-6-16(7-9-24)25-13-17-11-18(14-25)26(17)22(28)32-23(2,3)4/h10,12,16-18H,6-9,11,13-14H2,1-5H3. The van der Waals surface area contributed by atoms with Gasteiger partial charge in [0.15, 0.2) is 5.75 Å². The smallest absolute Gasteiger partial charge is 0.410 e. The molecule has 2 bridgehead atoms. The van der Waals surface area contributed by atoms with Crippen LogP contribution in [0.4, 0.5) is 16.2 Å². The SMILES string of the molecule is COc1cc(N2CCC(N3CC4CC(C3)N4C(=O)OC(C)(C)C)CC2)c(C)cc1[N+](=O)[O-]. The third-order valence-electron chi connectivity index (χ3n) is 6.84. The van der Waals surface area contributed by atoms with Gasteiger partial charge in [-0.25, -0.2) is 4.79 Å². The Hall–Kier alpha value is -2.55. The molecule has 0 aliphatic carbocycles. The number of ether oxygens (including phenoxy) is 2.